The molecule has 3 nitrogen and oxygen atoms in total. The first-order valence-corrected chi connectivity index (χ1v) is 8.83. The fourth-order valence-electron chi connectivity index (χ4n) is 2.60. The fraction of sp³-hybridized carbons (Fsp3) is 0.318. The van der Waals surface area contributed by atoms with Gasteiger partial charge >= 0.3 is 5.97 Å². The van der Waals surface area contributed by atoms with Crippen molar-refractivity contribution in [2.24, 2.45) is 0 Å². The fourth-order valence-corrected chi connectivity index (χ4v) is 2.60. The molecule has 0 amide bonds. The Labute approximate surface area is 159 Å². The summed E-state index contributed by atoms with van der Waals surface area (Å²) in [5.74, 6) is -1.60. The summed E-state index contributed by atoms with van der Waals surface area (Å²) in [4.78, 5) is 12.2. The van der Waals surface area contributed by atoms with Crippen molar-refractivity contribution >= 4 is 5.97 Å². The van der Waals surface area contributed by atoms with Crippen molar-refractivity contribution in [3.8, 4) is 0 Å². The number of allylic oxidation sites excluding steroid dienone is 1. The second-order valence-electron chi connectivity index (χ2n) is 7.39. The molecule has 0 saturated carbocycles. The lowest BCUT2D eigenvalue weighted by atomic mass is 10.1. The number of nitrogens with one attached hydrogen (secondary N) is 1. The van der Waals surface area contributed by atoms with Gasteiger partial charge in [0, 0.05) is 24.2 Å². The van der Waals surface area contributed by atoms with E-state index < -0.39 is 23.2 Å². The zero-order valence-corrected chi connectivity index (χ0v) is 16.1. The van der Waals surface area contributed by atoms with Crippen molar-refractivity contribution in [3.63, 3.8) is 0 Å². The molecule has 0 aliphatic carbocycles. The van der Waals surface area contributed by atoms with Crippen molar-refractivity contribution in [3.05, 3.63) is 83.1 Å². The van der Waals surface area contributed by atoms with Crippen molar-refractivity contribution in [1.82, 2.24) is 5.32 Å². The standard InChI is InChI=1S/C22H25F2NO2/c1-15(16-8-6-5-7-9-16)25-19(14-21(26)27-22(2,3)4)13-17-12-18(23)10-11-20(17)24/h5-12,14-15,25H,13H2,1-4H3/t15-/m1/s1. The Bertz CT molecular complexity index is 811. The van der Waals surface area contributed by atoms with E-state index in [1.807, 2.05) is 37.3 Å². The molecule has 0 saturated heterocycles. The van der Waals surface area contributed by atoms with Crippen LogP contribution in [-0.2, 0) is 16.0 Å². The normalized spacial score (nSPS) is 13.2. The first kappa shape index (κ1) is 20.6. The molecular weight excluding hydrogens is 348 g/mol. The summed E-state index contributed by atoms with van der Waals surface area (Å²) in [6.07, 6.45) is 1.34. The monoisotopic (exact) mass is 373 g/mol. The summed E-state index contributed by atoms with van der Waals surface area (Å²) in [6, 6.07) is 12.8. The average Bonchev–Trinajstić information content (AvgIpc) is 2.57. The third-order valence-corrected chi connectivity index (χ3v) is 3.79. The van der Waals surface area contributed by atoms with Crippen LogP contribution in [0, 0.1) is 11.6 Å². The first-order valence-electron chi connectivity index (χ1n) is 8.83. The van der Waals surface area contributed by atoms with Gasteiger partial charge in [-0.15, -0.1) is 0 Å². The lowest BCUT2D eigenvalue weighted by Crippen LogP contribution is -2.25. The minimum atomic E-state index is -0.645. The number of hydrogen-bond donors (Lipinski definition) is 1. The topological polar surface area (TPSA) is 38.3 Å². The van der Waals surface area contributed by atoms with Gasteiger partial charge < -0.3 is 10.1 Å². The highest BCUT2D eigenvalue weighted by Gasteiger charge is 2.17. The molecule has 2 aromatic rings. The van der Waals surface area contributed by atoms with Crippen LogP contribution in [0.25, 0.3) is 0 Å². The molecule has 0 aromatic heterocycles. The number of hydrogen-bond acceptors (Lipinski definition) is 3. The van der Waals surface area contributed by atoms with E-state index in [-0.39, 0.29) is 18.0 Å². The van der Waals surface area contributed by atoms with E-state index in [1.165, 1.54) is 6.08 Å². The summed E-state index contributed by atoms with van der Waals surface area (Å²) < 4.78 is 32.9. The van der Waals surface area contributed by atoms with Gasteiger partial charge in [0.05, 0.1) is 0 Å². The lowest BCUT2D eigenvalue weighted by molar-refractivity contribution is -0.148. The van der Waals surface area contributed by atoms with Crippen LogP contribution in [0.4, 0.5) is 8.78 Å². The lowest BCUT2D eigenvalue weighted by Gasteiger charge is -2.21. The van der Waals surface area contributed by atoms with Crippen LogP contribution in [0.15, 0.2) is 60.3 Å². The van der Waals surface area contributed by atoms with Crippen LogP contribution in [0.3, 0.4) is 0 Å². The zero-order valence-electron chi connectivity index (χ0n) is 16.1. The Kier molecular flexibility index (Phi) is 6.72. The molecule has 0 heterocycles. The summed E-state index contributed by atoms with van der Waals surface area (Å²) in [5, 5.41) is 3.22. The molecule has 0 radical (unpaired) electrons. The van der Waals surface area contributed by atoms with Crippen LogP contribution in [0.5, 0.6) is 0 Å². The number of esters is 1. The molecule has 2 aromatic carbocycles. The predicted octanol–water partition coefficient (Wildman–Crippen LogP) is 5.08. The van der Waals surface area contributed by atoms with Gasteiger partial charge in [-0.2, -0.15) is 0 Å². The quantitative estimate of drug-likeness (QED) is 0.567. The summed E-state index contributed by atoms with van der Waals surface area (Å²) in [7, 11) is 0. The average molecular weight is 373 g/mol. The van der Waals surface area contributed by atoms with E-state index >= 15 is 0 Å². The van der Waals surface area contributed by atoms with Crippen LogP contribution in [0.2, 0.25) is 0 Å². The van der Waals surface area contributed by atoms with E-state index in [2.05, 4.69) is 5.32 Å². The maximum Gasteiger partial charge on any atom is 0.333 e. The molecule has 0 aliphatic rings. The summed E-state index contributed by atoms with van der Waals surface area (Å²) in [5.41, 5.74) is 0.975. The van der Waals surface area contributed by atoms with E-state index in [4.69, 9.17) is 4.74 Å². The second kappa shape index (κ2) is 8.80. The van der Waals surface area contributed by atoms with Crippen molar-refractivity contribution < 1.29 is 18.3 Å². The molecule has 1 N–H and O–H groups in total. The van der Waals surface area contributed by atoms with Gasteiger partial charge in [-0.1, -0.05) is 30.3 Å². The molecule has 2 rings (SSSR count). The molecule has 0 fully saturated rings. The van der Waals surface area contributed by atoms with Crippen molar-refractivity contribution in [2.45, 2.75) is 45.8 Å². The maximum atomic E-state index is 14.1. The minimum Gasteiger partial charge on any atom is -0.457 e. The van der Waals surface area contributed by atoms with Crippen LogP contribution in [0.1, 0.15) is 44.9 Å². The van der Waals surface area contributed by atoms with Crippen molar-refractivity contribution in [2.75, 3.05) is 0 Å². The van der Waals surface area contributed by atoms with Gasteiger partial charge in [-0.05, 0) is 57.0 Å². The van der Waals surface area contributed by atoms with Gasteiger partial charge in [0.15, 0.2) is 0 Å². The molecule has 1 atom stereocenters. The van der Waals surface area contributed by atoms with Gasteiger partial charge in [0.25, 0.3) is 0 Å². The van der Waals surface area contributed by atoms with Gasteiger partial charge in [0.2, 0.25) is 0 Å². The van der Waals surface area contributed by atoms with Crippen LogP contribution in [-0.4, -0.2) is 11.6 Å². The molecular formula is C22H25F2NO2. The Balaban J connectivity index is 2.27. The highest BCUT2D eigenvalue weighted by molar-refractivity contribution is 5.83. The molecule has 0 bridgehead atoms. The molecule has 0 aliphatic heterocycles. The molecule has 144 valence electrons. The third kappa shape index (κ3) is 6.85. The van der Waals surface area contributed by atoms with E-state index in [0.29, 0.717) is 5.70 Å². The van der Waals surface area contributed by atoms with Crippen molar-refractivity contribution in [1.29, 1.82) is 0 Å². The van der Waals surface area contributed by atoms with Gasteiger partial charge in [0.1, 0.15) is 17.2 Å². The third-order valence-electron chi connectivity index (χ3n) is 3.79. The Morgan fingerprint density at radius 3 is 2.44 bits per heavy atom. The smallest absolute Gasteiger partial charge is 0.333 e. The summed E-state index contributed by atoms with van der Waals surface area (Å²) >= 11 is 0. The first-order chi connectivity index (χ1) is 12.6. The highest BCUT2D eigenvalue weighted by atomic mass is 19.1. The zero-order chi connectivity index (χ0) is 20.0. The van der Waals surface area contributed by atoms with Gasteiger partial charge in [-0.3, -0.25) is 0 Å². The number of carbonyl (C=O) groups is 1. The SMILES string of the molecule is C[C@@H](NC(=CC(=O)OC(C)(C)C)Cc1cc(F)ccc1F)c1ccccc1. The van der Waals surface area contributed by atoms with Crippen LogP contribution < -0.4 is 5.32 Å². The van der Waals surface area contributed by atoms with E-state index in [1.54, 1.807) is 20.8 Å². The minimum absolute atomic E-state index is 0.0417. The van der Waals surface area contributed by atoms with Gasteiger partial charge in [-0.25, -0.2) is 13.6 Å². The molecule has 0 spiro atoms. The summed E-state index contributed by atoms with van der Waals surface area (Å²) in [6.45, 7) is 7.24. The van der Waals surface area contributed by atoms with Crippen LogP contribution >= 0.6 is 0 Å². The Hall–Kier alpha value is -2.69. The largest absolute Gasteiger partial charge is 0.457 e. The molecule has 5 heteroatoms. The molecule has 27 heavy (non-hydrogen) atoms. The number of ether oxygens (including phenoxy) is 1. The van der Waals surface area contributed by atoms with E-state index in [9.17, 15) is 13.6 Å². The number of benzene rings is 2. The number of carbonyl (C=O) groups excluding carboxylic acids is 1. The molecule has 0 unspecified atom stereocenters. The second-order valence-corrected chi connectivity index (χ2v) is 7.39. The van der Waals surface area contributed by atoms with E-state index in [0.717, 1.165) is 23.8 Å². The number of halogens is 2. The highest BCUT2D eigenvalue weighted by Crippen LogP contribution is 2.18. The Morgan fingerprint density at radius 1 is 1.15 bits per heavy atom. The number of rotatable bonds is 6. The Morgan fingerprint density at radius 2 is 1.81 bits per heavy atom. The maximum absolute atomic E-state index is 14.1. The predicted molar refractivity (Wildman–Crippen MR) is 102 cm³/mol.